The predicted octanol–water partition coefficient (Wildman–Crippen LogP) is 3.94. The molecule has 1 heterocycles. The van der Waals surface area contributed by atoms with E-state index in [0.717, 1.165) is 15.6 Å². The van der Waals surface area contributed by atoms with Crippen LogP contribution in [0.1, 0.15) is 5.56 Å². The average molecular weight is 457 g/mol. The van der Waals surface area contributed by atoms with Crippen LogP contribution in [0.4, 0.5) is 5.69 Å². The molecule has 0 atom stereocenters. The number of amides is 1. The molecule has 4 rings (SSSR count). The first kappa shape index (κ1) is 18.7. The smallest absolute Gasteiger partial charge is 0.265 e. The van der Waals surface area contributed by atoms with Gasteiger partial charge in [0.05, 0.1) is 10.6 Å². The van der Waals surface area contributed by atoms with E-state index < -0.39 is 10.0 Å². The summed E-state index contributed by atoms with van der Waals surface area (Å²) < 4.78 is 28.4. The number of hydrogen-bond acceptors (Lipinski definition) is 3. The number of carbonyl (C=O) groups excluding carboxylic acids is 1. The minimum Gasteiger partial charge on any atom is -0.350 e. The molecule has 1 amide bonds. The van der Waals surface area contributed by atoms with Crippen LogP contribution in [0.3, 0.4) is 0 Å². The van der Waals surface area contributed by atoms with Gasteiger partial charge in [-0.05, 0) is 29.8 Å². The fourth-order valence-electron chi connectivity index (χ4n) is 3.26. The molecule has 1 aliphatic rings. The summed E-state index contributed by atoms with van der Waals surface area (Å²) in [6.45, 7) is 0.0650. The van der Waals surface area contributed by atoms with Crippen molar-refractivity contribution in [2.75, 3.05) is 10.8 Å². The predicted molar refractivity (Wildman–Crippen MR) is 112 cm³/mol. The molecule has 142 valence electrons. The van der Waals surface area contributed by atoms with Gasteiger partial charge < -0.3 is 5.32 Å². The van der Waals surface area contributed by atoms with Gasteiger partial charge >= 0.3 is 0 Å². The maximum Gasteiger partial charge on any atom is 0.265 e. The fourth-order valence-corrected chi connectivity index (χ4v) is 5.27. The van der Waals surface area contributed by atoms with Crippen molar-refractivity contribution >= 4 is 37.5 Å². The van der Waals surface area contributed by atoms with Crippen molar-refractivity contribution in [1.29, 1.82) is 0 Å². The van der Waals surface area contributed by atoms with Gasteiger partial charge in [-0.15, -0.1) is 0 Å². The number of rotatable bonds is 4. The zero-order chi connectivity index (χ0) is 19.7. The Morgan fingerprint density at radius 2 is 1.64 bits per heavy atom. The number of nitrogens with one attached hydrogen (secondary N) is 1. The molecular weight excluding hydrogens is 440 g/mol. The molecule has 0 unspecified atom stereocenters. The van der Waals surface area contributed by atoms with E-state index in [9.17, 15) is 13.2 Å². The molecule has 7 heteroatoms. The highest BCUT2D eigenvalue weighted by atomic mass is 79.9. The molecule has 0 spiro atoms. The fraction of sp³-hybridized carbons (Fsp3) is 0.0952. The van der Waals surface area contributed by atoms with Gasteiger partial charge in [0, 0.05) is 22.1 Å². The first-order valence-electron chi connectivity index (χ1n) is 8.69. The average Bonchev–Trinajstić information content (AvgIpc) is 2.71. The van der Waals surface area contributed by atoms with Gasteiger partial charge in [0.2, 0.25) is 5.91 Å². The Morgan fingerprint density at radius 3 is 2.43 bits per heavy atom. The van der Waals surface area contributed by atoms with Crippen molar-refractivity contribution in [1.82, 2.24) is 5.32 Å². The second-order valence-electron chi connectivity index (χ2n) is 6.43. The van der Waals surface area contributed by atoms with Crippen LogP contribution in [0, 0.1) is 0 Å². The number of fused-ring (bicyclic) bond motifs is 3. The molecule has 28 heavy (non-hydrogen) atoms. The quantitative estimate of drug-likeness (QED) is 0.646. The molecule has 0 saturated carbocycles. The Kier molecular flexibility index (Phi) is 4.95. The summed E-state index contributed by atoms with van der Waals surface area (Å²) in [5.74, 6) is -0.360. The lowest BCUT2D eigenvalue weighted by molar-refractivity contribution is -0.119. The molecule has 1 aliphatic heterocycles. The van der Waals surface area contributed by atoms with Crippen LogP contribution in [0.25, 0.3) is 11.1 Å². The highest BCUT2D eigenvalue weighted by molar-refractivity contribution is 9.10. The molecule has 0 radical (unpaired) electrons. The Hall–Kier alpha value is -2.64. The number of benzene rings is 3. The van der Waals surface area contributed by atoms with Crippen molar-refractivity contribution in [2.24, 2.45) is 0 Å². The minimum absolute atomic E-state index is 0.205. The molecule has 0 aromatic heterocycles. The largest absolute Gasteiger partial charge is 0.350 e. The van der Waals surface area contributed by atoms with Crippen molar-refractivity contribution < 1.29 is 13.2 Å². The summed E-state index contributed by atoms with van der Waals surface area (Å²) in [4.78, 5) is 12.7. The molecule has 3 aromatic rings. The van der Waals surface area contributed by atoms with Gasteiger partial charge in [-0.3, -0.25) is 9.10 Å². The van der Waals surface area contributed by atoms with Crippen molar-refractivity contribution in [2.45, 2.75) is 11.4 Å². The summed E-state index contributed by atoms with van der Waals surface area (Å²) in [5.41, 5.74) is 2.86. The van der Waals surface area contributed by atoms with Gasteiger partial charge in [0.15, 0.2) is 0 Å². The molecule has 0 aliphatic carbocycles. The van der Waals surface area contributed by atoms with Crippen LogP contribution in [-0.4, -0.2) is 20.9 Å². The number of carbonyl (C=O) groups is 1. The third kappa shape index (κ3) is 3.43. The number of sulfonamides is 1. The van der Waals surface area contributed by atoms with Gasteiger partial charge in [-0.1, -0.05) is 64.5 Å². The lowest BCUT2D eigenvalue weighted by Crippen LogP contribution is -2.42. The van der Waals surface area contributed by atoms with Crippen LogP contribution in [0.2, 0.25) is 0 Å². The summed E-state index contributed by atoms with van der Waals surface area (Å²) in [7, 11) is -3.83. The first-order valence-corrected chi connectivity index (χ1v) is 10.9. The Morgan fingerprint density at radius 1 is 0.929 bits per heavy atom. The van der Waals surface area contributed by atoms with E-state index in [0.29, 0.717) is 17.8 Å². The normalized spacial score (nSPS) is 14.1. The summed E-state index contributed by atoms with van der Waals surface area (Å²) in [6, 6.07) is 21.7. The van der Waals surface area contributed by atoms with E-state index in [-0.39, 0.29) is 17.3 Å². The van der Waals surface area contributed by atoms with Crippen LogP contribution in [-0.2, 0) is 21.4 Å². The van der Waals surface area contributed by atoms with Crippen molar-refractivity contribution in [3.63, 3.8) is 0 Å². The molecule has 0 saturated heterocycles. The monoisotopic (exact) mass is 456 g/mol. The highest BCUT2D eigenvalue weighted by Crippen LogP contribution is 2.43. The lowest BCUT2D eigenvalue weighted by atomic mass is 10.0. The SMILES string of the molecule is O=C(CN1c2ccc(Br)cc2-c2ccccc2S1(=O)=O)NCc1ccccc1. The molecule has 1 N–H and O–H groups in total. The van der Waals surface area contributed by atoms with E-state index in [1.54, 1.807) is 36.4 Å². The number of hydrogen-bond donors (Lipinski definition) is 1. The van der Waals surface area contributed by atoms with Gasteiger partial charge in [-0.2, -0.15) is 0 Å². The van der Waals surface area contributed by atoms with E-state index in [4.69, 9.17) is 0 Å². The van der Waals surface area contributed by atoms with E-state index in [2.05, 4.69) is 21.2 Å². The highest BCUT2D eigenvalue weighted by Gasteiger charge is 2.35. The van der Waals surface area contributed by atoms with Gasteiger partial charge in [0.25, 0.3) is 10.0 Å². The Balaban J connectivity index is 1.66. The minimum atomic E-state index is -3.83. The van der Waals surface area contributed by atoms with Gasteiger partial charge in [0.1, 0.15) is 6.54 Å². The number of nitrogens with zero attached hydrogens (tertiary/aromatic N) is 1. The Bertz CT molecular complexity index is 1150. The van der Waals surface area contributed by atoms with Crippen LogP contribution < -0.4 is 9.62 Å². The summed E-state index contributed by atoms with van der Waals surface area (Å²) >= 11 is 3.45. The van der Waals surface area contributed by atoms with Crippen molar-refractivity contribution in [3.8, 4) is 11.1 Å². The van der Waals surface area contributed by atoms with Crippen LogP contribution >= 0.6 is 15.9 Å². The number of halogens is 1. The Labute approximate surface area is 172 Å². The summed E-state index contributed by atoms with van der Waals surface area (Å²) in [5, 5.41) is 2.80. The second-order valence-corrected chi connectivity index (χ2v) is 9.18. The summed E-state index contributed by atoms with van der Waals surface area (Å²) in [6.07, 6.45) is 0. The zero-order valence-corrected chi connectivity index (χ0v) is 17.2. The maximum absolute atomic E-state index is 13.2. The first-order chi connectivity index (χ1) is 13.5. The van der Waals surface area contributed by atoms with Gasteiger partial charge in [-0.25, -0.2) is 8.42 Å². The van der Waals surface area contributed by atoms with E-state index in [1.807, 2.05) is 36.4 Å². The maximum atomic E-state index is 13.2. The topological polar surface area (TPSA) is 66.5 Å². The molecule has 0 bridgehead atoms. The van der Waals surface area contributed by atoms with E-state index in [1.165, 1.54) is 4.31 Å². The van der Waals surface area contributed by atoms with Crippen LogP contribution in [0.5, 0.6) is 0 Å². The van der Waals surface area contributed by atoms with Crippen molar-refractivity contribution in [3.05, 3.63) is 82.8 Å². The molecule has 3 aromatic carbocycles. The van der Waals surface area contributed by atoms with E-state index >= 15 is 0 Å². The van der Waals surface area contributed by atoms with Crippen LogP contribution in [0.15, 0.2) is 82.2 Å². The molecule has 5 nitrogen and oxygen atoms in total. The second kappa shape index (κ2) is 7.41. The zero-order valence-electron chi connectivity index (χ0n) is 14.8. The third-order valence-electron chi connectivity index (χ3n) is 4.59. The standard InChI is InChI=1S/C21H17BrN2O3S/c22-16-10-11-19-18(12-16)17-8-4-5-9-20(17)28(26,27)24(19)14-21(25)23-13-15-6-2-1-3-7-15/h1-12H,13-14H2,(H,23,25). The molecular formula is C21H17BrN2O3S. The third-order valence-corrected chi connectivity index (χ3v) is 6.90. The lowest BCUT2D eigenvalue weighted by Gasteiger charge is -2.31. The molecule has 0 fully saturated rings. The number of anilines is 1.